The van der Waals surface area contributed by atoms with Gasteiger partial charge in [-0.1, -0.05) is 12.2 Å². The third-order valence-corrected chi connectivity index (χ3v) is 5.53. The van der Waals surface area contributed by atoms with E-state index in [0.29, 0.717) is 5.69 Å². The van der Waals surface area contributed by atoms with Crippen molar-refractivity contribution in [3.63, 3.8) is 0 Å². The first kappa shape index (κ1) is 13.5. The maximum absolute atomic E-state index is 12.8. The second kappa shape index (κ2) is 3.95. The van der Waals surface area contributed by atoms with Gasteiger partial charge in [0.25, 0.3) is 0 Å². The van der Waals surface area contributed by atoms with E-state index in [9.17, 15) is 9.59 Å². The minimum absolute atomic E-state index is 0.151. The van der Waals surface area contributed by atoms with Gasteiger partial charge in [-0.15, -0.1) is 0 Å². The molecule has 108 valence electrons. The highest BCUT2D eigenvalue weighted by molar-refractivity contribution is 14.1. The first-order chi connectivity index (χ1) is 9.86. The highest BCUT2D eigenvalue weighted by Gasteiger charge is 2.70. The van der Waals surface area contributed by atoms with Crippen LogP contribution in [0.5, 0.6) is 0 Å². The van der Waals surface area contributed by atoms with Gasteiger partial charge in [-0.3, -0.25) is 9.59 Å². The Morgan fingerprint density at radius 1 is 1.00 bits per heavy atom. The molecule has 5 heteroatoms. The summed E-state index contributed by atoms with van der Waals surface area (Å²) in [5.74, 6) is -1.14. The third-order valence-electron chi connectivity index (χ3n) is 4.81. The van der Waals surface area contributed by atoms with Gasteiger partial charge in [0.2, 0.25) is 11.8 Å². The molecule has 0 aromatic heterocycles. The molecule has 21 heavy (non-hydrogen) atoms. The SMILES string of the molecule is C[C@]12C=C[C@](C)(O1)[C@H]1C(=O)N(c3ccc(I)cc3)C(=O)[C@@H]12. The first-order valence-electron chi connectivity index (χ1n) is 6.90. The number of carbonyl (C=O) groups is 2. The Balaban J connectivity index is 1.80. The Labute approximate surface area is 136 Å². The Kier molecular flexibility index (Phi) is 2.53. The number of hydrogen-bond acceptors (Lipinski definition) is 3. The zero-order valence-corrected chi connectivity index (χ0v) is 13.8. The molecule has 0 N–H and O–H groups in total. The largest absolute Gasteiger partial charge is 0.359 e. The standard InChI is InChI=1S/C16H14INO3/c1-15-7-8-16(2,21-15)12-11(15)13(19)18(14(12)20)10-5-3-9(17)4-6-10/h3-8,11-12H,1-2H3/t11-,12-,15-,16+/m1/s1. The fraction of sp³-hybridized carbons (Fsp3) is 0.375. The van der Waals surface area contributed by atoms with Gasteiger partial charge in [0.05, 0.1) is 28.7 Å². The quantitative estimate of drug-likeness (QED) is 0.417. The normalized spacial score (nSPS) is 40.2. The summed E-state index contributed by atoms with van der Waals surface area (Å²) in [5, 5.41) is 0. The van der Waals surface area contributed by atoms with E-state index in [4.69, 9.17) is 4.74 Å². The van der Waals surface area contributed by atoms with Crippen molar-refractivity contribution in [2.24, 2.45) is 11.8 Å². The van der Waals surface area contributed by atoms with Crippen LogP contribution < -0.4 is 4.90 Å². The van der Waals surface area contributed by atoms with Crippen LogP contribution in [0.2, 0.25) is 0 Å². The number of benzene rings is 1. The van der Waals surface area contributed by atoms with Crippen LogP contribution in [0.1, 0.15) is 13.8 Å². The van der Waals surface area contributed by atoms with Crippen molar-refractivity contribution in [3.8, 4) is 0 Å². The second-order valence-corrected chi connectivity index (χ2v) is 7.49. The average molecular weight is 395 g/mol. The van der Waals surface area contributed by atoms with Gasteiger partial charge in [0.15, 0.2) is 0 Å². The Bertz CT molecular complexity index is 662. The van der Waals surface area contributed by atoms with Crippen molar-refractivity contribution in [2.75, 3.05) is 4.90 Å². The van der Waals surface area contributed by atoms with Crippen LogP contribution in [0.3, 0.4) is 0 Å². The van der Waals surface area contributed by atoms with Gasteiger partial charge < -0.3 is 4.74 Å². The molecule has 0 saturated carbocycles. The summed E-state index contributed by atoms with van der Waals surface area (Å²) in [5.41, 5.74) is -0.680. The number of halogens is 1. The Morgan fingerprint density at radius 3 is 1.95 bits per heavy atom. The highest BCUT2D eigenvalue weighted by Crippen LogP contribution is 2.57. The minimum Gasteiger partial charge on any atom is -0.359 e. The van der Waals surface area contributed by atoms with Crippen LogP contribution in [-0.2, 0) is 14.3 Å². The molecule has 4 atom stereocenters. The zero-order chi connectivity index (χ0) is 15.0. The van der Waals surface area contributed by atoms with E-state index in [0.717, 1.165) is 3.57 Å². The fourth-order valence-corrected chi connectivity index (χ4v) is 4.24. The molecule has 4 nitrogen and oxygen atoms in total. The molecule has 4 rings (SSSR count). The van der Waals surface area contributed by atoms with Crippen molar-refractivity contribution in [1.82, 2.24) is 0 Å². The van der Waals surface area contributed by atoms with Gasteiger partial charge >= 0.3 is 0 Å². The molecular formula is C16H14INO3. The maximum Gasteiger partial charge on any atom is 0.241 e. The molecule has 2 amide bonds. The Morgan fingerprint density at radius 2 is 1.48 bits per heavy atom. The molecule has 3 aliphatic heterocycles. The van der Waals surface area contributed by atoms with Crippen LogP contribution in [0, 0.1) is 15.4 Å². The smallest absolute Gasteiger partial charge is 0.241 e. The number of anilines is 1. The lowest BCUT2D eigenvalue weighted by atomic mass is 9.73. The minimum atomic E-state index is -0.663. The van der Waals surface area contributed by atoms with Crippen molar-refractivity contribution < 1.29 is 14.3 Å². The van der Waals surface area contributed by atoms with Crippen LogP contribution in [0.4, 0.5) is 5.69 Å². The molecule has 1 aromatic rings. The summed E-state index contributed by atoms with van der Waals surface area (Å²) in [6.07, 6.45) is 3.85. The van der Waals surface area contributed by atoms with Crippen molar-refractivity contribution in [1.29, 1.82) is 0 Å². The van der Waals surface area contributed by atoms with Crippen LogP contribution in [0.25, 0.3) is 0 Å². The molecule has 0 unspecified atom stereocenters. The molecular weight excluding hydrogens is 381 g/mol. The number of imide groups is 1. The van der Waals surface area contributed by atoms with E-state index in [2.05, 4.69) is 22.6 Å². The van der Waals surface area contributed by atoms with Gasteiger partial charge in [-0.2, -0.15) is 0 Å². The summed E-state index contributed by atoms with van der Waals surface area (Å²) in [6.45, 7) is 3.78. The lowest BCUT2D eigenvalue weighted by Crippen LogP contribution is -2.39. The lowest BCUT2D eigenvalue weighted by Gasteiger charge is -2.25. The molecule has 2 fully saturated rings. The molecule has 3 heterocycles. The van der Waals surface area contributed by atoms with E-state index >= 15 is 0 Å². The highest BCUT2D eigenvalue weighted by atomic mass is 127. The topological polar surface area (TPSA) is 46.6 Å². The summed E-state index contributed by atoms with van der Waals surface area (Å²) in [4.78, 5) is 26.9. The number of carbonyl (C=O) groups excluding carboxylic acids is 2. The molecule has 3 aliphatic rings. The molecule has 0 aliphatic carbocycles. The van der Waals surface area contributed by atoms with Crippen LogP contribution in [-0.4, -0.2) is 23.0 Å². The van der Waals surface area contributed by atoms with E-state index in [-0.39, 0.29) is 11.8 Å². The predicted molar refractivity (Wildman–Crippen MR) is 85.7 cm³/mol. The van der Waals surface area contributed by atoms with E-state index < -0.39 is 23.0 Å². The van der Waals surface area contributed by atoms with Crippen molar-refractivity contribution >= 4 is 40.1 Å². The number of rotatable bonds is 1. The van der Waals surface area contributed by atoms with Gasteiger partial charge in [0.1, 0.15) is 0 Å². The van der Waals surface area contributed by atoms with Crippen LogP contribution >= 0.6 is 22.6 Å². The van der Waals surface area contributed by atoms with Crippen molar-refractivity contribution in [3.05, 3.63) is 40.0 Å². The van der Waals surface area contributed by atoms with Gasteiger partial charge in [0, 0.05) is 3.57 Å². The zero-order valence-electron chi connectivity index (χ0n) is 11.7. The number of nitrogens with zero attached hydrogens (tertiary/aromatic N) is 1. The van der Waals surface area contributed by atoms with Gasteiger partial charge in [-0.05, 0) is 60.7 Å². The predicted octanol–water partition coefficient (Wildman–Crippen LogP) is 2.51. The van der Waals surface area contributed by atoms with E-state index in [1.54, 1.807) is 0 Å². The van der Waals surface area contributed by atoms with E-state index in [1.165, 1.54) is 4.90 Å². The van der Waals surface area contributed by atoms with Gasteiger partial charge in [-0.25, -0.2) is 4.90 Å². The first-order valence-corrected chi connectivity index (χ1v) is 7.98. The average Bonchev–Trinajstić information content (AvgIpc) is 2.97. The summed E-state index contributed by atoms with van der Waals surface area (Å²) in [7, 11) is 0. The van der Waals surface area contributed by atoms with Crippen molar-refractivity contribution in [2.45, 2.75) is 25.0 Å². The third kappa shape index (κ3) is 1.59. The maximum atomic E-state index is 12.8. The van der Waals surface area contributed by atoms with Crippen LogP contribution in [0.15, 0.2) is 36.4 Å². The fourth-order valence-electron chi connectivity index (χ4n) is 3.88. The van der Waals surface area contributed by atoms with E-state index in [1.807, 2.05) is 50.3 Å². The molecule has 0 radical (unpaired) electrons. The summed E-state index contributed by atoms with van der Waals surface area (Å²) >= 11 is 2.20. The Hall–Kier alpha value is -1.21. The summed E-state index contributed by atoms with van der Waals surface area (Å²) < 4.78 is 7.05. The molecule has 2 saturated heterocycles. The molecule has 1 aromatic carbocycles. The number of amides is 2. The molecule has 0 spiro atoms. The number of ether oxygens (including phenoxy) is 1. The molecule has 2 bridgehead atoms. The second-order valence-electron chi connectivity index (χ2n) is 6.25. The summed E-state index contributed by atoms with van der Waals surface area (Å²) in [6, 6.07) is 7.44. The monoisotopic (exact) mass is 395 g/mol. The number of fused-ring (bicyclic) bond motifs is 5. The number of hydrogen-bond donors (Lipinski definition) is 0. The lowest BCUT2D eigenvalue weighted by molar-refractivity contribution is -0.128.